The number of rotatable bonds is 4. The largest absolute Gasteiger partial charge is 0.484 e. The fourth-order valence-electron chi connectivity index (χ4n) is 1.37. The summed E-state index contributed by atoms with van der Waals surface area (Å²) < 4.78 is 9.82. The smallest absolute Gasteiger partial charge is 0.263 e. The zero-order chi connectivity index (χ0) is 13.0. The summed E-state index contributed by atoms with van der Waals surface area (Å²) in [4.78, 5) is 11.6. The number of benzene rings is 1. The maximum absolute atomic E-state index is 11.6. The van der Waals surface area contributed by atoms with Crippen LogP contribution in [-0.2, 0) is 4.79 Å². The van der Waals surface area contributed by atoms with Gasteiger partial charge in [0, 0.05) is 0 Å². The minimum absolute atomic E-state index is 0.0875. The lowest BCUT2D eigenvalue weighted by Crippen LogP contribution is -2.20. The number of ether oxygens (including phenoxy) is 1. The summed E-state index contributed by atoms with van der Waals surface area (Å²) in [5, 5.41) is 9.65. The van der Waals surface area contributed by atoms with Crippen LogP contribution in [0.5, 0.6) is 5.75 Å². The highest BCUT2D eigenvalue weighted by molar-refractivity contribution is 5.91. The molecule has 0 aliphatic heterocycles. The third-order valence-electron chi connectivity index (χ3n) is 2.27. The van der Waals surface area contributed by atoms with Gasteiger partial charge in [0.05, 0.1) is 0 Å². The lowest BCUT2D eigenvalue weighted by molar-refractivity contribution is -0.118. The van der Waals surface area contributed by atoms with Gasteiger partial charge in [-0.1, -0.05) is 17.3 Å². The van der Waals surface area contributed by atoms with Gasteiger partial charge in [0.1, 0.15) is 11.4 Å². The van der Waals surface area contributed by atoms with Crippen molar-refractivity contribution in [2.75, 3.05) is 11.9 Å². The molecule has 0 spiro atoms. The van der Waals surface area contributed by atoms with Gasteiger partial charge in [-0.05, 0) is 36.7 Å². The van der Waals surface area contributed by atoms with Gasteiger partial charge in [-0.3, -0.25) is 4.79 Å². The topological polar surface area (TPSA) is 77.2 Å². The summed E-state index contributed by atoms with van der Waals surface area (Å²) in [5.41, 5.74) is 1.60. The molecule has 18 heavy (non-hydrogen) atoms. The Bertz CT molecular complexity index is 551. The standard InChI is InChI=1S/C12H13N3O3/c1-8-4-3-5-10(6-8)17-7-11(16)13-12-9(2)14-18-15-12/h3-6H,7H2,1-2H3,(H,13,15,16). The van der Waals surface area contributed by atoms with Crippen LogP contribution in [0, 0.1) is 13.8 Å². The van der Waals surface area contributed by atoms with Gasteiger partial charge >= 0.3 is 0 Å². The Labute approximate surface area is 104 Å². The molecule has 1 aromatic heterocycles. The molecular formula is C12H13N3O3. The van der Waals surface area contributed by atoms with Gasteiger partial charge in [0.2, 0.25) is 0 Å². The molecule has 0 fully saturated rings. The lowest BCUT2D eigenvalue weighted by Gasteiger charge is -2.06. The molecule has 2 rings (SSSR count). The number of carbonyl (C=O) groups excluding carboxylic acids is 1. The van der Waals surface area contributed by atoms with Crippen LogP contribution in [0.4, 0.5) is 5.82 Å². The number of carbonyl (C=O) groups is 1. The molecule has 1 aromatic carbocycles. The number of aryl methyl sites for hydroxylation is 2. The van der Waals surface area contributed by atoms with Crippen LogP contribution in [0.1, 0.15) is 11.3 Å². The molecule has 94 valence electrons. The summed E-state index contributed by atoms with van der Waals surface area (Å²) in [7, 11) is 0. The number of nitrogens with zero attached hydrogens (tertiary/aromatic N) is 2. The van der Waals surface area contributed by atoms with Crippen molar-refractivity contribution in [2.24, 2.45) is 0 Å². The van der Waals surface area contributed by atoms with Crippen molar-refractivity contribution in [3.63, 3.8) is 0 Å². The molecule has 0 atom stereocenters. The van der Waals surface area contributed by atoms with Crippen molar-refractivity contribution in [1.29, 1.82) is 0 Å². The molecule has 0 radical (unpaired) electrons. The molecule has 1 amide bonds. The average Bonchev–Trinajstić information content (AvgIpc) is 2.73. The Morgan fingerprint density at radius 3 is 2.89 bits per heavy atom. The first kappa shape index (κ1) is 12.1. The Morgan fingerprint density at radius 1 is 1.39 bits per heavy atom. The number of amides is 1. The molecule has 6 nitrogen and oxygen atoms in total. The quantitative estimate of drug-likeness (QED) is 0.889. The molecule has 0 aliphatic rings. The SMILES string of the molecule is Cc1cccc(OCC(=O)Nc2nonc2C)c1. The molecule has 0 saturated carbocycles. The van der Waals surface area contributed by atoms with Crippen LogP contribution in [0.25, 0.3) is 0 Å². The minimum Gasteiger partial charge on any atom is -0.484 e. The second-order valence-electron chi connectivity index (χ2n) is 3.85. The van der Waals surface area contributed by atoms with Crippen molar-refractivity contribution in [1.82, 2.24) is 10.3 Å². The van der Waals surface area contributed by atoms with Crippen molar-refractivity contribution >= 4 is 11.7 Å². The second-order valence-corrected chi connectivity index (χ2v) is 3.85. The summed E-state index contributed by atoms with van der Waals surface area (Å²) in [6.45, 7) is 3.56. The molecule has 0 unspecified atom stereocenters. The maximum atomic E-state index is 11.6. The van der Waals surface area contributed by atoms with Crippen LogP contribution in [-0.4, -0.2) is 22.8 Å². The molecule has 0 aliphatic carbocycles. The van der Waals surface area contributed by atoms with E-state index in [0.717, 1.165) is 5.56 Å². The predicted octanol–water partition coefficient (Wildman–Crippen LogP) is 1.70. The van der Waals surface area contributed by atoms with E-state index >= 15 is 0 Å². The van der Waals surface area contributed by atoms with Crippen LogP contribution in [0.15, 0.2) is 28.9 Å². The molecule has 6 heteroatoms. The number of hydrogen-bond donors (Lipinski definition) is 1. The highest BCUT2D eigenvalue weighted by Crippen LogP contribution is 2.12. The molecule has 1 heterocycles. The Morgan fingerprint density at radius 2 is 2.22 bits per heavy atom. The van der Waals surface area contributed by atoms with Gasteiger partial charge < -0.3 is 10.1 Å². The van der Waals surface area contributed by atoms with Crippen molar-refractivity contribution in [2.45, 2.75) is 13.8 Å². The van der Waals surface area contributed by atoms with Crippen LogP contribution < -0.4 is 10.1 Å². The fraction of sp³-hybridized carbons (Fsp3) is 0.250. The number of nitrogens with one attached hydrogen (secondary N) is 1. The molecule has 0 saturated heterocycles. The van der Waals surface area contributed by atoms with Gasteiger partial charge in [-0.15, -0.1) is 0 Å². The first-order valence-electron chi connectivity index (χ1n) is 5.43. The van der Waals surface area contributed by atoms with Gasteiger partial charge in [-0.2, -0.15) is 0 Å². The van der Waals surface area contributed by atoms with E-state index in [1.165, 1.54) is 0 Å². The zero-order valence-corrected chi connectivity index (χ0v) is 10.1. The van der Waals surface area contributed by atoms with Gasteiger partial charge in [0.25, 0.3) is 5.91 Å². The van der Waals surface area contributed by atoms with E-state index in [1.54, 1.807) is 13.0 Å². The van der Waals surface area contributed by atoms with E-state index in [2.05, 4.69) is 20.3 Å². The van der Waals surface area contributed by atoms with E-state index < -0.39 is 0 Å². The fourth-order valence-corrected chi connectivity index (χ4v) is 1.37. The van der Waals surface area contributed by atoms with E-state index in [4.69, 9.17) is 4.74 Å². The first-order chi connectivity index (χ1) is 8.65. The van der Waals surface area contributed by atoms with E-state index in [-0.39, 0.29) is 12.5 Å². The van der Waals surface area contributed by atoms with Crippen LogP contribution in [0.3, 0.4) is 0 Å². The monoisotopic (exact) mass is 247 g/mol. The Hall–Kier alpha value is -2.37. The number of hydrogen-bond acceptors (Lipinski definition) is 5. The molecule has 1 N–H and O–H groups in total. The summed E-state index contributed by atoms with van der Waals surface area (Å²) >= 11 is 0. The number of aromatic nitrogens is 2. The average molecular weight is 247 g/mol. The maximum Gasteiger partial charge on any atom is 0.263 e. The third-order valence-corrected chi connectivity index (χ3v) is 2.27. The Kier molecular flexibility index (Phi) is 3.57. The van der Waals surface area contributed by atoms with Crippen molar-refractivity contribution in [3.05, 3.63) is 35.5 Å². The molecular weight excluding hydrogens is 234 g/mol. The van der Waals surface area contributed by atoms with Crippen molar-refractivity contribution in [3.8, 4) is 5.75 Å². The summed E-state index contributed by atoms with van der Waals surface area (Å²) in [6, 6.07) is 7.48. The number of anilines is 1. The minimum atomic E-state index is -0.310. The van der Waals surface area contributed by atoms with Crippen molar-refractivity contribution < 1.29 is 14.2 Å². The highest BCUT2D eigenvalue weighted by atomic mass is 16.6. The van der Waals surface area contributed by atoms with Gasteiger partial charge in [0.15, 0.2) is 12.4 Å². The van der Waals surface area contributed by atoms with E-state index in [1.807, 2.05) is 25.1 Å². The second kappa shape index (κ2) is 5.31. The summed E-state index contributed by atoms with van der Waals surface area (Å²) in [6.07, 6.45) is 0. The van der Waals surface area contributed by atoms with E-state index in [0.29, 0.717) is 17.3 Å². The van der Waals surface area contributed by atoms with Crippen LogP contribution >= 0.6 is 0 Å². The lowest BCUT2D eigenvalue weighted by atomic mass is 10.2. The van der Waals surface area contributed by atoms with Gasteiger partial charge in [-0.25, -0.2) is 4.63 Å². The predicted molar refractivity (Wildman–Crippen MR) is 64.3 cm³/mol. The molecule has 2 aromatic rings. The third kappa shape index (κ3) is 3.07. The normalized spacial score (nSPS) is 10.1. The van der Waals surface area contributed by atoms with Crippen LogP contribution in [0.2, 0.25) is 0 Å². The Balaban J connectivity index is 1.87. The summed E-state index contributed by atoms with van der Waals surface area (Å²) in [5.74, 6) is 0.656. The zero-order valence-electron chi connectivity index (χ0n) is 10.1. The highest BCUT2D eigenvalue weighted by Gasteiger charge is 2.09. The molecule has 0 bridgehead atoms. The first-order valence-corrected chi connectivity index (χ1v) is 5.43. The van der Waals surface area contributed by atoms with E-state index in [9.17, 15) is 4.79 Å².